The van der Waals surface area contributed by atoms with E-state index in [9.17, 15) is 9.59 Å². The molecule has 2 bridgehead atoms. The van der Waals surface area contributed by atoms with Gasteiger partial charge in [0.2, 0.25) is 0 Å². The van der Waals surface area contributed by atoms with Gasteiger partial charge in [-0.3, -0.25) is 9.59 Å². The van der Waals surface area contributed by atoms with Crippen LogP contribution < -0.4 is 10.1 Å². The first-order valence-corrected chi connectivity index (χ1v) is 9.62. The zero-order valence-corrected chi connectivity index (χ0v) is 15.7. The second kappa shape index (κ2) is 8.56. The Hall–Kier alpha value is -2.04. The molecule has 0 radical (unpaired) electrons. The highest BCUT2D eigenvalue weighted by Crippen LogP contribution is 2.50. The van der Waals surface area contributed by atoms with E-state index in [-0.39, 0.29) is 17.9 Å². The van der Waals surface area contributed by atoms with E-state index in [1.807, 2.05) is 24.3 Å². The van der Waals surface area contributed by atoms with Crippen LogP contribution in [0.15, 0.2) is 24.3 Å². The summed E-state index contributed by atoms with van der Waals surface area (Å²) in [5, 5.41) is 3.62. The molecule has 2 aliphatic rings. The maximum atomic E-state index is 12.9. The van der Waals surface area contributed by atoms with Crippen molar-refractivity contribution in [1.82, 2.24) is 0 Å². The number of rotatable bonds is 9. The maximum Gasteiger partial charge on any atom is 0.305 e. The van der Waals surface area contributed by atoms with Crippen LogP contribution in [0, 0.1) is 17.8 Å². The van der Waals surface area contributed by atoms with Crippen LogP contribution >= 0.6 is 0 Å². The number of methoxy groups -OCH3 is 2. The molecule has 142 valence electrons. The van der Waals surface area contributed by atoms with Gasteiger partial charge < -0.3 is 14.8 Å². The minimum atomic E-state index is -0.198. The second-order valence-corrected chi connectivity index (χ2v) is 7.51. The summed E-state index contributed by atoms with van der Waals surface area (Å²) in [7, 11) is 3.06. The Balaban J connectivity index is 1.57. The number of Topliss-reactive ketones (excluding diaryl/α,β-unsaturated/α-hetero) is 1. The smallest absolute Gasteiger partial charge is 0.305 e. The maximum absolute atomic E-state index is 12.9. The SMILES string of the molecule is COC(=O)CCCCC(=O)[C@H]1[C@H]2CC[C@H](C2)[C@@H]1Nc1ccc(OC)cc1. The lowest BCUT2D eigenvalue weighted by Crippen LogP contribution is -2.39. The average Bonchev–Trinajstić information content (AvgIpc) is 3.27. The Morgan fingerprint density at radius 3 is 2.42 bits per heavy atom. The lowest BCUT2D eigenvalue weighted by molar-refractivity contribution is -0.140. The van der Waals surface area contributed by atoms with Crippen LogP contribution in [0.1, 0.15) is 44.9 Å². The number of ether oxygens (including phenoxy) is 2. The molecule has 1 aromatic carbocycles. The number of hydrogen-bond donors (Lipinski definition) is 1. The fraction of sp³-hybridized carbons (Fsp3) is 0.619. The number of ketones is 1. The van der Waals surface area contributed by atoms with Crippen molar-refractivity contribution in [2.75, 3.05) is 19.5 Å². The monoisotopic (exact) mass is 359 g/mol. The van der Waals surface area contributed by atoms with Crippen molar-refractivity contribution < 1.29 is 19.1 Å². The summed E-state index contributed by atoms with van der Waals surface area (Å²) in [5.74, 6) is 2.20. The van der Waals surface area contributed by atoms with E-state index in [1.54, 1.807) is 7.11 Å². The van der Waals surface area contributed by atoms with E-state index in [1.165, 1.54) is 20.0 Å². The number of carbonyl (C=O) groups excluding carboxylic acids is 2. The van der Waals surface area contributed by atoms with Gasteiger partial charge in [0.15, 0.2) is 0 Å². The molecule has 0 aromatic heterocycles. The number of benzene rings is 1. The second-order valence-electron chi connectivity index (χ2n) is 7.51. The normalized spacial score (nSPS) is 26.5. The Labute approximate surface area is 155 Å². The van der Waals surface area contributed by atoms with Gasteiger partial charge in [-0.25, -0.2) is 0 Å². The summed E-state index contributed by atoms with van der Waals surface area (Å²) in [6, 6.07) is 8.15. The molecule has 0 amide bonds. The number of nitrogens with one attached hydrogen (secondary N) is 1. The Bertz CT molecular complexity index is 627. The highest BCUT2D eigenvalue weighted by molar-refractivity contribution is 5.83. The van der Waals surface area contributed by atoms with E-state index in [4.69, 9.17) is 4.74 Å². The highest BCUT2D eigenvalue weighted by Gasteiger charge is 2.50. The Morgan fingerprint density at radius 1 is 1.04 bits per heavy atom. The molecular formula is C21H29NO4. The van der Waals surface area contributed by atoms with Gasteiger partial charge in [0.1, 0.15) is 11.5 Å². The van der Waals surface area contributed by atoms with Gasteiger partial charge in [-0.2, -0.15) is 0 Å². The lowest BCUT2D eigenvalue weighted by Gasteiger charge is -2.31. The molecule has 1 N–H and O–H groups in total. The number of unbranched alkanes of at least 4 members (excludes halogenated alkanes) is 1. The molecule has 0 saturated heterocycles. The zero-order chi connectivity index (χ0) is 18.5. The molecule has 0 unspecified atom stereocenters. The van der Waals surface area contributed by atoms with E-state index in [0.717, 1.165) is 30.7 Å². The fourth-order valence-corrected chi connectivity index (χ4v) is 4.68. The Morgan fingerprint density at radius 2 is 1.73 bits per heavy atom. The van der Waals surface area contributed by atoms with Crippen LogP contribution in [0.2, 0.25) is 0 Å². The van der Waals surface area contributed by atoms with Crippen molar-refractivity contribution >= 4 is 17.4 Å². The molecule has 5 heteroatoms. The third kappa shape index (κ3) is 4.19. The van der Waals surface area contributed by atoms with Gasteiger partial charge in [0.05, 0.1) is 14.2 Å². The molecule has 5 nitrogen and oxygen atoms in total. The van der Waals surface area contributed by atoms with Crippen molar-refractivity contribution in [3.63, 3.8) is 0 Å². The van der Waals surface area contributed by atoms with Crippen molar-refractivity contribution in [3.8, 4) is 5.75 Å². The summed E-state index contributed by atoms with van der Waals surface area (Å²) >= 11 is 0. The lowest BCUT2D eigenvalue weighted by atomic mass is 9.80. The molecule has 2 aliphatic carbocycles. The minimum absolute atomic E-state index is 0.106. The van der Waals surface area contributed by atoms with Crippen molar-refractivity contribution in [3.05, 3.63) is 24.3 Å². The first-order valence-electron chi connectivity index (χ1n) is 9.62. The predicted molar refractivity (Wildman–Crippen MR) is 100 cm³/mol. The van der Waals surface area contributed by atoms with Crippen LogP contribution in [0.4, 0.5) is 5.69 Å². The number of hydrogen-bond acceptors (Lipinski definition) is 5. The molecule has 1 aromatic rings. The quantitative estimate of drug-likeness (QED) is 0.536. The summed E-state index contributed by atoms with van der Waals surface area (Å²) in [5.41, 5.74) is 1.05. The molecule has 0 aliphatic heterocycles. The van der Waals surface area contributed by atoms with Gasteiger partial charge in [-0.05, 0) is 68.2 Å². The molecule has 2 saturated carbocycles. The summed E-state index contributed by atoms with van der Waals surface area (Å²) < 4.78 is 9.87. The topological polar surface area (TPSA) is 64.6 Å². The van der Waals surface area contributed by atoms with Crippen LogP contribution in [-0.4, -0.2) is 32.0 Å². The highest BCUT2D eigenvalue weighted by atomic mass is 16.5. The summed E-state index contributed by atoms with van der Waals surface area (Å²) in [6.45, 7) is 0. The first-order chi connectivity index (χ1) is 12.6. The van der Waals surface area contributed by atoms with Gasteiger partial charge in [-0.1, -0.05) is 0 Å². The van der Waals surface area contributed by atoms with E-state index in [0.29, 0.717) is 30.5 Å². The summed E-state index contributed by atoms with van der Waals surface area (Å²) in [4.78, 5) is 24.1. The zero-order valence-electron chi connectivity index (χ0n) is 15.7. The number of carbonyl (C=O) groups is 2. The standard InChI is InChI=1S/C21H29NO4/c1-25-17-11-9-16(10-12-17)22-21-15-8-7-14(13-15)20(21)18(23)5-3-4-6-19(24)26-2/h9-12,14-15,20-22H,3-8,13H2,1-2H3/t14-,15+,20+,21-/m0/s1. The minimum Gasteiger partial charge on any atom is -0.497 e. The summed E-state index contributed by atoms with van der Waals surface area (Å²) in [6.07, 6.45) is 5.98. The average molecular weight is 359 g/mol. The third-order valence-corrected chi connectivity index (χ3v) is 5.99. The molecule has 3 rings (SSSR count). The fourth-order valence-electron chi connectivity index (χ4n) is 4.68. The van der Waals surface area contributed by atoms with Crippen LogP contribution in [-0.2, 0) is 14.3 Å². The molecule has 0 spiro atoms. The van der Waals surface area contributed by atoms with E-state index in [2.05, 4.69) is 10.1 Å². The number of anilines is 1. The predicted octanol–water partition coefficient (Wildman–Crippen LogP) is 3.82. The van der Waals surface area contributed by atoms with Gasteiger partial charge in [-0.15, -0.1) is 0 Å². The van der Waals surface area contributed by atoms with Gasteiger partial charge in [0, 0.05) is 30.5 Å². The molecule has 0 heterocycles. The molecular weight excluding hydrogens is 330 g/mol. The van der Waals surface area contributed by atoms with Crippen molar-refractivity contribution in [1.29, 1.82) is 0 Å². The van der Waals surface area contributed by atoms with E-state index >= 15 is 0 Å². The van der Waals surface area contributed by atoms with Crippen LogP contribution in [0.25, 0.3) is 0 Å². The van der Waals surface area contributed by atoms with Gasteiger partial charge in [0.25, 0.3) is 0 Å². The first kappa shape index (κ1) is 18.7. The molecule has 2 fully saturated rings. The number of fused-ring (bicyclic) bond motifs is 2. The van der Waals surface area contributed by atoms with Crippen LogP contribution in [0.3, 0.4) is 0 Å². The van der Waals surface area contributed by atoms with Crippen LogP contribution in [0.5, 0.6) is 5.75 Å². The number of esters is 1. The molecule has 4 atom stereocenters. The molecule has 26 heavy (non-hydrogen) atoms. The van der Waals surface area contributed by atoms with Crippen molar-refractivity contribution in [2.24, 2.45) is 17.8 Å². The van der Waals surface area contributed by atoms with Crippen molar-refractivity contribution in [2.45, 2.75) is 51.0 Å². The Kier molecular flexibility index (Phi) is 6.17. The van der Waals surface area contributed by atoms with Gasteiger partial charge >= 0.3 is 5.97 Å². The largest absolute Gasteiger partial charge is 0.497 e. The van der Waals surface area contributed by atoms with E-state index < -0.39 is 0 Å². The third-order valence-electron chi connectivity index (χ3n) is 5.99.